The van der Waals surface area contributed by atoms with Crippen molar-refractivity contribution in [3.8, 4) is 5.75 Å². The minimum absolute atomic E-state index is 0.320. The summed E-state index contributed by atoms with van der Waals surface area (Å²) in [6, 6.07) is 14.0. The number of nitrogens with zero attached hydrogens (tertiary/aromatic N) is 1. The summed E-state index contributed by atoms with van der Waals surface area (Å²) in [4.78, 5) is 2.40. The molecule has 0 amide bonds. The van der Waals surface area contributed by atoms with Gasteiger partial charge >= 0.3 is 0 Å². The number of aryl methyl sites for hydroxylation is 1. The summed E-state index contributed by atoms with van der Waals surface area (Å²) in [5.41, 5.74) is 4.18. The number of phenols is 1. The molecular formula is C21H24ClNO. The van der Waals surface area contributed by atoms with E-state index in [0.29, 0.717) is 11.8 Å². The molecule has 0 bridgehead atoms. The van der Waals surface area contributed by atoms with Gasteiger partial charge in [-0.05, 0) is 68.8 Å². The Labute approximate surface area is 149 Å². The maximum absolute atomic E-state index is 10.4. The van der Waals surface area contributed by atoms with Gasteiger partial charge < -0.3 is 5.11 Å². The van der Waals surface area contributed by atoms with E-state index in [0.717, 1.165) is 40.3 Å². The molecule has 1 aliphatic heterocycles. The van der Waals surface area contributed by atoms with E-state index < -0.39 is 0 Å². The van der Waals surface area contributed by atoms with E-state index in [1.165, 1.54) is 12.8 Å². The lowest BCUT2D eigenvalue weighted by molar-refractivity contribution is 0.222. The number of hydrogen-bond donors (Lipinski definition) is 1. The first-order chi connectivity index (χ1) is 11.5. The maximum Gasteiger partial charge on any atom is 0.123 e. The molecule has 1 atom stereocenters. The molecule has 0 spiro atoms. The highest BCUT2D eigenvalue weighted by Gasteiger charge is 2.19. The highest BCUT2D eigenvalue weighted by atomic mass is 35.5. The van der Waals surface area contributed by atoms with Crippen LogP contribution in [0.25, 0.3) is 5.57 Å². The van der Waals surface area contributed by atoms with Crippen molar-refractivity contribution in [1.29, 1.82) is 0 Å². The molecule has 126 valence electrons. The fourth-order valence-corrected chi connectivity index (χ4v) is 3.47. The number of piperidine rings is 1. The van der Waals surface area contributed by atoms with Crippen LogP contribution in [0.2, 0.25) is 5.02 Å². The highest BCUT2D eigenvalue weighted by molar-refractivity contribution is 6.30. The van der Waals surface area contributed by atoms with Crippen molar-refractivity contribution in [2.24, 2.45) is 0 Å². The fraction of sp³-hybridized carbons (Fsp3) is 0.333. The number of phenolic OH excluding ortho intramolecular Hbond substituents is 1. The van der Waals surface area contributed by atoms with Gasteiger partial charge in [0.1, 0.15) is 5.75 Å². The van der Waals surface area contributed by atoms with Crippen molar-refractivity contribution in [2.75, 3.05) is 13.6 Å². The van der Waals surface area contributed by atoms with E-state index in [2.05, 4.69) is 31.0 Å². The number of benzene rings is 2. The molecule has 0 aromatic heterocycles. The van der Waals surface area contributed by atoms with E-state index in [9.17, 15) is 5.11 Å². The molecule has 2 aromatic carbocycles. The van der Waals surface area contributed by atoms with Crippen molar-refractivity contribution < 1.29 is 5.11 Å². The zero-order valence-electron chi connectivity index (χ0n) is 14.3. The monoisotopic (exact) mass is 341 g/mol. The Hall–Kier alpha value is -1.77. The molecule has 2 aromatic rings. The normalized spacial score (nSPS) is 19.5. The maximum atomic E-state index is 10.4. The van der Waals surface area contributed by atoms with E-state index in [1.54, 1.807) is 6.07 Å². The average molecular weight is 342 g/mol. The zero-order valence-corrected chi connectivity index (χ0v) is 15.1. The molecule has 3 heteroatoms. The highest BCUT2D eigenvalue weighted by Crippen LogP contribution is 2.33. The second-order valence-corrected chi connectivity index (χ2v) is 7.09. The van der Waals surface area contributed by atoms with Gasteiger partial charge in [0.15, 0.2) is 0 Å². The summed E-state index contributed by atoms with van der Waals surface area (Å²) in [6.07, 6.45) is 5.96. The van der Waals surface area contributed by atoms with Gasteiger partial charge in [0, 0.05) is 16.6 Å². The molecule has 1 unspecified atom stereocenters. The lowest BCUT2D eigenvalue weighted by Gasteiger charge is -2.31. The van der Waals surface area contributed by atoms with Crippen molar-refractivity contribution in [2.45, 2.75) is 32.2 Å². The third-order valence-corrected chi connectivity index (χ3v) is 5.04. The van der Waals surface area contributed by atoms with Gasteiger partial charge in [0.05, 0.1) is 0 Å². The summed E-state index contributed by atoms with van der Waals surface area (Å²) in [6.45, 7) is 3.17. The Morgan fingerprint density at radius 2 is 1.92 bits per heavy atom. The summed E-state index contributed by atoms with van der Waals surface area (Å²) in [5, 5.41) is 11.2. The SMILES string of the molecule is Cc1ccc(O)c(C(=CC2CCCCN2C)c2ccc(Cl)cc2)c1. The number of rotatable bonds is 3. The van der Waals surface area contributed by atoms with Crippen LogP contribution in [0.3, 0.4) is 0 Å². The van der Waals surface area contributed by atoms with Crippen LogP contribution in [0.4, 0.5) is 0 Å². The summed E-state index contributed by atoms with van der Waals surface area (Å²) >= 11 is 6.06. The topological polar surface area (TPSA) is 23.5 Å². The Morgan fingerprint density at radius 3 is 2.62 bits per heavy atom. The first-order valence-corrected chi connectivity index (χ1v) is 8.90. The fourth-order valence-electron chi connectivity index (χ4n) is 3.34. The van der Waals surface area contributed by atoms with Gasteiger partial charge in [-0.2, -0.15) is 0 Å². The van der Waals surface area contributed by atoms with Crippen molar-refractivity contribution >= 4 is 17.2 Å². The smallest absolute Gasteiger partial charge is 0.123 e. The quantitative estimate of drug-likeness (QED) is 0.822. The lowest BCUT2D eigenvalue weighted by Crippen LogP contribution is -2.34. The van der Waals surface area contributed by atoms with Crippen LogP contribution in [-0.2, 0) is 0 Å². The lowest BCUT2D eigenvalue weighted by atomic mass is 9.91. The van der Waals surface area contributed by atoms with E-state index in [1.807, 2.05) is 30.3 Å². The molecule has 0 aliphatic carbocycles. The van der Waals surface area contributed by atoms with Crippen LogP contribution in [0, 0.1) is 6.92 Å². The van der Waals surface area contributed by atoms with Gasteiger partial charge in [0.2, 0.25) is 0 Å². The molecule has 2 nitrogen and oxygen atoms in total. The molecule has 1 saturated heterocycles. The van der Waals surface area contributed by atoms with Gasteiger partial charge in [-0.3, -0.25) is 4.90 Å². The minimum Gasteiger partial charge on any atom is -0.507 e. The first-order valence-electron chi connectivity index (χ1n) is 8.52. The van der Waals surface area contributed by atoms with E-state index in [-0.39, 0.29) is 0 Å². The number of likely N-dealkylation sites (tertiary alicyclic amines) is 1. The second kappa shape index (κ2) is 7.42. The molecule has 1 fully saturated rings. The molecule has 1 heterocycles. The molecule has 1 N–H and O–H groups in total. The van der Waals surface area contributed by atoms with Crippen LogP contribution in [-0.4, -0.2) is 29.6 Å². The summed E-state index contributed by atoms with van der Waals surface area (Å²) < 4.78 is 0. The van der Waals surface area contributed by atoms with Gasteiger partial charge in [-0.1, -0.05) is 47.9 Å². The van der Waals surface area contributed by atoms with Gasteiger partial charge in [-0.15, -0.1) is 0 Å². The number of hydrogen-bond acceptors (Lipinski definition) is 2. The van der Waals surface area contributed by atoms with Crippen LogP contribution in [0.1, 0.15) is 36.0 Å². The molecule has 3 rings (SSSR count). The predicted molar refractivity (Wildman–Crippen MR) is 102 cm³/mol. The van der Waals surface area contributed by atoms with E-state index >= 15 is 0 Å². The van der Waals surface area contributed by atoms with Gasteiger partial charge in [-0.25, -0.2) is 0 Å². The molecule has 1 aliphatic rings. The predicted octanol–water partition coefficient (Wildman–Crippen LogP) is 5.27. The molecule has 0 saturated carbocycles. The van der Waals surface area contributed by atoms with Crippen LogP contribution < -0.4 is 0 Å². The molecule has 24 heavy (non-hydrogen) atoms. The van der Waals surface area contributed by atoms with Crippen molar-refractivity contribution in [3.05, 3.63) is 70.3 Å². The Kier molecular flexibility index (Phi) is 5.27. The van der Waals surface area contributed by atoms with Crippen LogP contribution in [0.5, 0.6) is 5.75 Å². The summed E-state index contributed by atoms with van der Waals surface area (Å²) in [7, 11) is 2.18. The minimum atomic E-state index is 0.320. The van der Waals surface area contributed by atoms with Crippen LogP contribution in [0.15, 0.2) is 48.5 Å². The summed E-state index contributed by atoms with van der Waals surface area (Å²) in [5.74, 6) is 0.320. The Balaban J connectivity index is 2.09. The number of likely N-dealkylation sites (N-methyl/N-ethyl adjacent to an activating group) is 1. The Morgan fingerprint density at radius 1 is 1.17 bits per heavy atom. The van der Waals surface area contributed by atoms with Crippen molar-refractivity contribution in [3.63, 3.8) is 0 Å². The second-order valence-electron chi connectivity index (χ2n) is 6.65. The Bertz CT molecular complexity index is 736. The largest absolute Gasteiger partial charge is 0.507 e. The zero-order chi connectivity index (χ0) is 17.1. The molecular weight excluding hydrogens is 318 g/mol. The standard InChI is InChI=1S/C21H24ClNO/c1-15-6-11-21(24)20(13-15)19(16-7-9-17(22)10-8-16)14-18-5-3-4-12-23(18)2/h6-11,13-14,18,24H,3-5,12H2,1-2H3. The van der Waals surface area contributed by atoms with Gasteiger partial charge in [0.25, 0.3) is 0 Å². The van der Waals surface area contributed by atoms with E-state index in [4.69, 9.17) is 11.6 Å². The third-order valence-electron chi connectivity index (χ3n) is 4.78. The van der Waals surface area contributed by atoms with Crippen molar-refractivity contribution in [1.82, 2.24) is 4.90 Å². The molecule has 0 radical (unpaired) electrons. The van der Waals surface area contributed by atoms with Crippen LogP contribution >= 0.6 is 11.6 Å². The number of halogens is 1. The average Bonchev–Trinajstić information content (AvgIpc) is 2.58. The third kappa shape index (κ3) is 3.82. The number of aromatic hydroxyl groups is 1. The first kappa shape index (κ1) is 17.1.